The summed E-state index contributed by atoms with van der Waals surface area (Å²) in [7, 11) is 0. The molecular weight excluding hydrogens is 268 g/mol. The molecule has 0 aliphatic carbocycles. The van der Waals surface area contributed by atoms with Gasteiger partial charge in [0, 0.05) is 12.8 Å². The van der Waals surface area contributed by atoms with E-state index in [2.05, 4.69) is 20.8 Å². The maximum atomic E-state index is 11.5. The Morgan fingerprint density at radius 3 is 2.33 bits per heavy atom. The van der Waals surface area contributed by atoms with E-state index in [1.807, 2.05) is 0 Å². The molecule has 1 atom stereocenters. The molecule has 0 amide bonds. The molecule has 0 radical (unpaired) electrons. The van der Waals surface area contributed by atoms with Gasteiger partial charge in [0.05, 0.1) is 6.61 Å². The first kappa shape index (κ1) is 19.9. The van der Waals surface area contributed by atoms with Gasteiger partial charge in [0.1, 0.15) is 0 Å². The van der Waals surface area contributed by atoms with Crippen molar-refractivity contribution in [3.63, 3.8) is 0 Å². The van der Waals surface area contributed by atoms with E-state index < -0.39 is 5.97 Å². The fourth-order valence-electron chi connectivity index (χ4n) is 2.53. The van der Waals surface area contributed by atoms with Gasteiger partial charge in [-0.25, -0.2) is 0 Å². The summed E-state index contributed by atoms with van der Waals surface area (Å²) in [4.78, 5) is 21.8. The van der Waals surface area contributed by atoms with Crippen molar-refractivity contribution in [2.45, 2.75) is 78.6 Å². The van der Waals surface area contributed by atoms with Gasteiger partial charge < -0.3 is 9.84 Å². The molecule has 0 unspecified atom stereocenters. The average molecular weight is 300 g/mol. The van der Waals surface area contributed by atoms with E-state index in [1.165, 1.54) is 32.1 Å². The van der Waals surface area contributed by atoms with Crippen molar-refractivity contribution in [3.05, 3.63) is 0 Å². The van der Waals surface area contributed by atoms with Crippen molar-refractivity contribution >= 4 is 11.9 Å². The first-order valence-electron chi connectivity index (χ1n) is 8.33. The lowest BCUT2D eigenvalue weighted by Crippen LogP contribution is -2.12. The second-order valence-corrected chi connectivity index (χ2v) is 6.25. The number of ether oxygens (including phenoxy) is 1. The third kappa shape index (κ3) is 13.7. The molecule has 0 aliphatic rings. The van der Waals surface area contributed by atoms with Crippen molar-refractivity contribution in [2.24, 2.45) is 11.8 Å². The number of carbonyl (C=O) groups is 2. The fraction of sp³-hybridized carbons (Fsp3) is 0.882. The number of unbranched alkanes of at least 4 members (excludes halogenated alkanes) is 2. The Morgan fingerprint density at radius 1 is 1.05 bits per heavy atom. The van der Waals surface area contributed by atoms with Crippen LogP contribution in [0.1, 0.15) is 78.6 Å². The molecule has 0 aromatic carbocycles. The van der Waals surface area contributed by atoms with Crippen LogP contribution >= 0.6 is 0 Å². The van der Waals surface area contributed by atoms with Crippen LogP contribution in [0.3, 0.4) is 0 Å². The van der Waals surface area contributed by atoms with Gasteiger partial charge in [-0.1, -0.05) is 46.5 Å². The minimum absolute atomic E-state index is 0.0299. The smallest absolute Gasteiger partial charge is 0.305 e. The van der Waals surface area contributed by atoms with Gasteiger partial charge in [0.2, 0.25) is 0 Å². The summed E-state index contributed by atoms with van der Waals surface area (Å²) in [6, 6.07) is 0. The predicted molar refractivity (Wildman–Crippen MR) is 84.1 cm³/mol. The van der Waals surface area contributed by atoms with Crippen molar-refractivity contribution in [1.82, 2.24) is 0 Å². The van der Waals surface area contributed by atoms with E-state index in [9.17, 15) is 9.59 Å². The summed E-state index contributed by atoms with van der Waals surface area (Å²) in [5.74, 6) is 0.162. The van der Waals surface area contributed by atoms with Gasteiger partial charge in [-0.3, -0.25) is 9.59 Å². The number of esters is 1. The Hall–Kier alpha value is -1.06. The summed E-state index contributed by atoms with van der Waals surface area (Å²) >= 11 is 0. The third-order valence-electron chi connectivity index (χ3n) is 3.58. The molecule has 0 heterocycles. The molecule has 1 N–H and O–H groups in total. The second kappa shape index (κ2) is 12.7. The average Bonchev–Trinajstić information content (AvgIpc) is 2.37. The number of carboxylic acids is 1. The van der Waals surface area contributed by atoms with Gasteiger partial charge in [-0.2, -0.15) is 0 Å². The van der Waals surface area contributed by atoms with Gasteiger partial charge in [0.25, 0.3) is 0 Å². The van der Waals surface area contributed by atoms with E-state index in [4.69, 9.17) is 9.84 Å². The zero-order valence-electron chi connectivity index (χ0n) is 13.9. The highest BCUT2D eigenvalue weighted by Crippen LogP contribution is 2.22. The normalized spacial score (nSPS) is 12.4. The van der Waals surface area contributed by atoms with Crippen LogP contribution in [0.25, 0.3) is 0 Å². The molecule has 124 valence electrons. The maximum absolute atomic E-state index is 11.5. The number of aliphatic carboxylic acids is 1. The van der Waals surface area contributed by atoms with Gasteiger partial charge in [-0.05, 0) is 31.1 Å². The quantitative estimate of drug-likeness (QED) is 0.404. The van der Waals surface area contributed by atoms with Gasteiger partial charge >= 0.3 is 11.9 Å². The van der Waals surface area contributed by atoms with E-state index in [-0.39, 0.29) is 18.8 Å². The number of hydrogen-bond donors (Lipinski definition) is 1. The highest BCUT2D eigenvalue weighted by Gasteiger charge is 2.12. The lowest BCUT2D eigenvalue weighted by atomic mass is 9.90. The molecule has 0 aromatic heterocycles. The van der Waals surface area contributed by atoms with Crippen molar-refractivity contribution in [2.75, 3.05) is 6.61 Å². The molecule has 0 aliphatic heterocycles. The summed E-state index contributed by atoms with van der Waals surface area (Å²) in [5, 5.41) is 8.51. The minimum atomic E-state index is -0.865. The lowest BCUT2D eigenvalue weighted by Gasteiger charge is -2.18. The zero-order valence-corrected chi connectivity index (χ0v) is 13.9. The number of hydrogen-bond acceptors (Lipinski definition) is 3. The van der Waals surface area contributed by atoms with Crippen molar-refractivity contribution < 1.29 is 19.4 Å². The Bertz CT molecular complexity index is 287. The predicted octanol–water partition coefficient (Wildman–Crippen LogP) is 4.42. The summed E-state index contributed by atoms with van der Waals surface area (Å²) in [6.45, 7) is 7.13. The molecule has 0 bridgehead atoms. The molecule has 0 saturated heterocycles. The maximum Gasteiger partial charge on any atom is 0.305 e. The number of rotatable bonds is 13. The van der Waals surface area contributed by atoms with Gasteiger partial charge in [-0.15, -0.1) is 0 Å². The van der Waals surface area contributed by atoms with Gasteiger partial charge in [0.15, 0.2) is 0 Å². The van der Waals surface area contributed by atoms with Crippen LogP contribution in [0.5, 0.6) is 0 Å². The summed E-state index contributed by atoms with van der Waals surface area (Å²) < 4.78 is 5.21. The van der Waals surface area contributed by atoms with Crippen molar-refractivity contribution in [1.29, 1.82) is 0 Å². The molecule has 4 heteroatoms. The summed E-state index contributed by atoms with van der Waals surface area (Å²) in [5.41, 5.74) is 0. The van der Waals surface area contributed by atoms with Crippen LogP contribution < -0.4 is 0 Å². The topological polar surface area (TPSA) is 63.6 Å². The Labute approximate surface area is 129 Å². The fourth-order valence-corrected chi connectivity index (χ4v) is 2.53. The summed E-state index contributed by atoms with van der Waals surface area (Å²) in [6.07, 6.45) is 7.66. The molecule has 21 heavy (non-hydrogen) atoms. The van der Waals surface area contributed by atoms with E-state index in [0.717, 1.165) is 6.42 Å². The van der Waals surface area contributed by atoms with Crippen LogP contribution in [0.15, 0.2) is 0 Å². The Balaban J connectivity index is 3.83. The molecule has 0 aromatic rings. The highest BCUT2D eigenvalue weighted by molar-refractivity contribution is 5.71. The zero-order chi connectivity index (χ0) is 16.1. The van der Waals surface area contributed by atoms with Crippen molar-refractivity contribution in [3.8, 4) is 0 Å². The van der Waals surface area contributed by atoms with E-state index >= 15 is 0 Å². The molecule has 0 saturated carbocycles. The largest absolute Gasteiger partial charge is 0.481 e. The van der Waals surface area contributed by atoms with E-state index in [0.29, 0.717) is 24.9 Å². The molecule has 0 fully saturated rings. The minimum Gasteiger partial charge on any atom is -0.481 e. The van der Waals surface area contributed by atoms with Crippen LogP contribution in [0, 0.1) is 11.8 Å². The Morgan fingerprint density at radius 2 is 1.76 bits per heavy atom. The number of carboxylic acid groups (broad SMARTS) is 1. The highest BCUT2D eigenvalue weighted by atomic mass is 16.5. The first-order chi connectivity index (χ1) is 9.95. The van der Waals surface area contributed by atoms with Crippen LogP contribution in [0.2, 0.25) is 0 Å². The van der Waals surface area contributed by atoms with Crippen LogP contribution in [0.4, 0.5) is 0 Å². The second-order valence-electron chi connectivity index (χ2n) is 6.25. The third-order valence-corrected chi connectivity index (χ3v) is 3.58. The molecule has 4 nitrogen and oxygen atoms in total. The molecule has 0 spiro atoms. The Kier molecular flexibility index (Phi) is 12.0. The van der Waals surface area contributed by atoms with E-state index in [1.54, 1.807) is 0 Å². The molecule has 0 rings (SSSR count). The monoisotopic (exact) mass is 300 g/mol. The number of carbonyl (C=O) groups excluding carboxylic acids is 1. The lowest BCUT2D eigenvalue weighted by molar-refractivity contribution is -0.144. The van der Waals surface area contributed by atoms with Crippen LogP contribution in [-0.4, -0.2) is 23.7 Å². The SMILES string of the molecule is CCCCC[C@H](CCOC(=O)CCCC(=O)O)CC(C)C. The molecular formula is C17H32O4. The van der Waals surface area contributed by atoms with Crippen LogP contribution in [-0.2, 0) is 14.3 Å². The standard InChI is InChI=1S/C17H32O4/c1-4-5-6-8-15(13-14(2)3)11-12-21-17(20)10-7-9-16(18)19/h14-15H,4-13H2,1-3H3,(H,18,19)/t15-/m1/s1. The first-order valence-corrected chi connectivity index (χ1v) is 8.33.